The number of amides is 2. The van der Waals surface area contributed by atoms with Gasteiger partial charge in [0.2, 0.25) is 0 Å². The number of nitrogens with zero attached hydrogens (tertiary/aromatic N) is 1. The SMILES string of the molecule is COc1ccc(C(=O)NC(CC(C)C)C(=O)O)cc1NC(=O)c1ccc(Cl)nc1. The summed E-state index contributed by atoms with van der Waals surface area (Å²) in [4.78, 5) is 40.2. The molecule has 9 heteroatoms. The van der Waals surface area contributed by atoms with Crippen molar-refractivity contribution >= 4 is 35.1 Å². The third-order valence-corrected chi connectivity index (χ3v) is 4.23. The van der Waals surface area contributed by atoms with Crippen molar-refractivity contribution in [3.63, 3.8) is 0 Å². The molecule has 2 amide bonds. The molecule has 0 spiro atoms. The molecule has 2 rings (SSSR count). The Bertz CT molecular complexity index is 899. The van der Waals surface area contributed by atoms with Gasteiger partial charge in [-0.1, -0.05) is 25.4 Å². The summed E-state index contributed by atoms with van der Waals surface area (Å²) in [5, 5.41) is 14.7. The summed E-state index contributed by atoms with van der Waals surface area (Å²) >= 11 is 5.73. The number of methoxy groups -OCH3 is 1. The van der Waals surface area contributed by atoms with E-state index in [0.29, 0.717) is 12.2 Å². The highest BCUT2D eigenvalue weighted by molar-refractivity contribution is 6.29. The van der Waals surface area contributed by atoms with Gasteiger partial charge in [-0.25, -0.2) is 9.78 Å². The van der Waals surface area contributed by atoms with Gasteiger partial charge in [0.15, 0.2) is 0 Å². The van der Waals surface area contributed by atoms with Crippen LogP contribution in [0.2, 0.25) is 5.15 Å². The van der Waals surface area contributed by atoms with Gasteiger partial charge in [0.05, 0.1) is 18.4 Å². The Balaban J connectivity index is 2.22. The molecule has 1 heterocycles. The predicted molar refractivity (Wildman–Crippen MR) is 109 cm³/mol. The number of ether oxygens (including phenoxy) is 1. The van der Waals surface area contributed by atoms with Gasteiger partial charge in [0.1, 0.15) is 16.9 Å². The van der Waals surface area contributed by atoms with Crippen LogP contribution in [0.4, 0.5) is 5.69 Å². The van der Waals surface area contributed by atoms with Gasteiger partial charge in [0.25, 0.3) is 11.8 Å². The molecule has 0 aliphatic rings. The Morgan fingerprint density at radius 2 is 1.83 bits per heavy atom. The second kappa shape index (κ2) is 9.88. The number of rotatable bonds is 8. The number of pyridine rings is 1. The van der Waals surface area contributed by atoms with Crippen LogP contribution in [0.5, 0.6) is 5.75 Å². The van der Waals surface area contributed by atoms with E-state index < -0.39 is 23.8 Å². The zero-order chi connectivity index (χ0) is 21.6. The molecule has 3 N–H and O–H groups in total. The second-order valence-electron chi connectivity index (χ2n) is 6.73. The molecule has 0 aliphatic heterocycles. The zero-order valence-electron chi connectivity index (χ0n) is 16.2. The fourth-order valence-electron chi connectivity index (χ4n) is 2.59. The van der Waals surface area contributed by atoms with E-state index in [-0.39, 0.29) is 27.9 Å². The number of carboxylic acids is 1. The van der Waals surface area contributed by atoms with Crippen molar-refractivity contribution in [1.29, 1.82) is 0 Å². The number of benzene rings is 1. The van der Waals surface area contributed by atoms with Crippen LogP contribution < -0.4 is 15.4 Å². The van der Waals surface area contributed by atoms with Crippen LogP contribution >= 0.6 is 11.6 Å². The number of aromatic nitrogens is 1. The standard InChI is InChI=1S/C20H22ClN3O5/c1-11(2)8-15(20(27)28)24-18(25)12-4-6-16(29-3)14(9-12)23-19(26)13-5-7-17(21)22-10-13/h4-7,9-11,15H,8H2,1-3H3,(H,23,26)(H,24,25)(H,27,28). The van der Waals surface area contributed by atoms with Crippen LogP contribution in [0.25, 0.3) is 0 Å². The van der Waals surface area contributed by atoms with Gasteiger partial charge in [-0.3, -0.25) is 9.59 Å². The fraction of sp³-hybridized carbons (Fsp3) is 0.300. The smallest absolute Gasteiger partial charge is 0.326 e. The molecule has 8 nitrogen and oxygen atoms in total. The maximum Gasteiger partial charge on any atom is 0.326 e. The summed E-state index contributed by atoms with van der Waals surface area (Å²) in [5.41, 5.74) is 0.718. The number of hydrogen-bond acceptors (Lipinski definition) is 5. The van der Waals surface area contributed by atoms with E-state index in [2.05, 4.69) is 15.6 Å². The Labute approximate surface area is 173 Å². The van der Waals surface area contributed by atoms with Crippen LogP contribution in [0.15, 0.2) is 36.5 Å². The Morgan fingerprint density at radius 1 is 1.14 bits per heavy atom. The Kier molecular flexibility index (Phi) is 7.55. The van der Waals surface area contributed by atoms with E-state index in [9.17, 15) is 19.5 Å². The molecule has 0 radical (unpaired) electrons. The van der Waals surface area contributed by atoms with E-state index in [1.54, 1.807) is 0 Å². The second-order valence-corrected chi connectivity index (χ2v) is 7.12. The van der Waals surface area contributed by atoms with Gasteiger partial charge in [-0.05, 0) is 42.7 Å². The quantitative estimate of drug-likeness (QED) is 0.565. The average molecular weight is 420 g/mol. The summed E-state index contributed by atoms with van der Waals surface area (Å²) in [6.07, 6.45) is 1.62. The lowest BCUT2D eigenvalue weighted by atomic mass is 10.0. The maximum atomic E-state index is 12.5. The molecule has 0 saturated carbocycles. The minimum atomic E-state index is -1.11. The highest BCUT2D eigenvalue weighted by atomic mass is 35.5. The first-order valence-corrected chi connectivity index (χ1v) is 9.23. The lowest BCUT2D eigenvalue weighted by Gasteiger charge is -2.17. The lowest BCUT2D eigenvalue weighted by Crippen LogP contribution is -2.41. The third-order valence-electron chi connectivity index (χ3n) is 4.01. The number of aliphatic carboxylic acids is 1. The first-order valence-electron chi connectivity index (χ1n) is 8.86. The van der Waals surface area contributed by atoms with Crippen LogP contribution in [-0.2, 0) is 4.79 Å². The molecule has 1 atom stereocenters. The molecule has 2 aromatic rings. The highest BCUT2D eigenvalue weighted by Crippen LogP contribution is 2.26. The average Bonchev–Trinajstić information content (AvgIpc) is 2.67. The normalized spacial score (nSPS) is 11.6. The summed E-state index contributed by atoms with van der Waals surface area (Å²) in [7, 11) is 1.43. The van der Waals surface area contributed by atoms with E-state index in [0.717, 1.165) is 0 Å². The molecule has 1 aromatic heterocycles. The molecule has 0 saturated heterocycles. The summed E-state index contributed by atoms with van der Waals surface area (Å²) in [6, 6.07) is 6.41. The molecule has 154 valence electrons. The van der Waals surface area contributed by atoms with Crippen LogP contribution in [-0.4, -0.2) is 41.0 Å². The molecule has 29 heavy (non-hydrogen) atoms. The topological polar surface area (TPSA) is 118 Å². The first kappa shape index (κ1) is 22.2. The van der Waals surface area contributed by atoms with Crippen molar-refractivity contribution < 1.29 is 24.2 Å². The van der Waals surface area contributed by atoms with E-state index in [4.69, 9.17) is 16.3 Å². The van der Waals surface area contributed by atoms with Crippen molar-refractivity contribution in [1.82, 2.24) is 10.3 Å². The van der Waals surface area contributed by atoms with Crippen LogP contribution in [0, 0.1) is 5.92 Å². The van der Waals surface area contributed by atoms with E-state index in [1.807, 2.05) is 13.8 Å². The Morgan fingerprint density at radius 3 is 2.38 bits per heavy atom. The molecule has 0 bridgehead atoms. The first-order chi connectivity index (χ1) is 13.7. The van der Waals surface area contributed by atoms with Gasteiger partial charge < -0.3 is 20.5 Å². The van der Waals surface area contributed by atoms with Gasteiger partial charge in [0, 0.05) is 11.8 Å². The van der Waals surface area contributed by atoms with Crippen molar-refractivity contribution in [2.24, 2.45) is 5.92 Å². The number of carbonyl (C=O) groups excluding carboxylic acids is 2. The molecular formula is C20H22ClN3O5. The van der Waals surface area contributed by atoms with Gasteiger partial charge in [-0.15, -0.1) is 0 Å². The van der Waals surface area contributed by atoms with Crippen molar-refractivity contribution in [3.05, 3.63) is 52.8 Å². The number of hydrogen-bond donors (Lipinski definition) is 3. The van der Waals surface area contributed by atoms with Gasteiger partial charge in [-0.2, -0.15) is 0 Å². The van der Waals surface area contributed by atoms with E-state index in [1.165, 1.54) is 43.6 Å². The fourth-order valence-corrected chi connectivity index (χ4v) is 2.70. The zero-order valence-corrected chi connectivity index (χ0v) is 17.0. The molecule has 1 unspecified atom stereocenters. The maximum absolute atomic E-state index is 12.5. The van der Waals surface area contributed by atoms with Crippen molar-refractivity contribution in [2.75, 3.05) is 12.4 Å². The number of carbonyl (C=O) groups is 3. The summed E-state index contributed by atoms with van der Waals surface area (Å²) in [5.74, 6) is -1.70. The minimum absolute atomic E-state index is 0.0927. The number of carboxylic acid groups (broad SMARTS) is 1. The van der Waals surface area contributed by atoms with Crippen LogP contribution in [0.3, 0.4) is 0 Å². The summed E-state index contributed by atoms with van der Waals surface area (Å²) < 4.78 is 5.23. The van der Waals surface area contributed by atoms with E-state index >= 15 is 0 Å². The molecule has 0 fully saturated rings. The number of halogens is 1. The van der Waals surface area contributed by atoms with Crippen molar-refractivity contribution in [2.45, 2.75) is 26.3 Å². The highest BCUT2D eigenvalue weighted by Gasteiger charge is 2.22. The van der Waals surface area contributed by atoms with Gasteiger partial charge >= 0.3 is 5.97 Å². The minimum Gasteiger partial charge on any atom is -0.495 e. The summed E-state index contributed by atoms with van der Waals surface area (Å²) in [6.45, 7) is 3.74. The lowest BCUT2D eigenvalue weighted by molar-refractivity contribution is -0.139. The molecule has 0 aliphatic carbocycles. The third kappa shape index (κ3) is 6.18. The molecule has 1 aromatic carbocycles. The number of nitrogens with one attached hydrogen (secondary N) is 2. The predicted octanol–water partition coefficient (Wildman–Crippen LogP) is 3.23. The largest absolute Gasteiger partial charge is 0.495 e. The Hall–Kier alpha value is -3.13. The monoisotopic (exact) mass is 419 g/mol. The van der Waals surface area contributed by atoms with Crippen LogP contribution in [0.1, 0.15) is 41.0 Å². The van der Waals surface area contributed by atoms with Crippen molar-refractivity contribution in [3.8, 4) is 5.75 Å². The molecular weight excluding hydrogens is 398 g/mol. The number of anilines is 1.